The number of benzene rings is 1. The van der Waals surface area contributed by atoms with Crippen LogP contribution >= 0.6 is 11.3 Å². The third-order valence-corrected chi connectivity index (χ3v) is 4.48. The van der Waals surface area contributed by atoms with E-state index in [1.165, 1.54) is 22.5 Å². The second kappa shape index (κ2) is 5.38. The van der Waals surface area contributed by atoms with Gasteiger partial charge >= 0.3 is 0 Å². The second-order valence-corrected chi connectivity index (χ2v) is 6.07. The lowest BCUT2D eigenvalue weighted by atomic mass is 10.1. The third kappa shape index (κ3) is 2.49. The minimum atomic E-state index is 0.846. The lowest BCUT2D eigenvalue weighted by Crippen LogP contribution is -2.15. The van der Waals surface area contributed by atoms with Crippen LogP contribution in [0.4, 0.5) is 0 Å². The normalized spacial score (nSPS) is 11.3. The Bertz CT molecular complexity index is 739. The minimum absolute atomic E-state index is 0.846. The SMILES string of the molecule is Cc1cccc(CNCc2c(C)nc3scc(C)n23)c1. The quantitative estimate of drug-likeness (QED) is 0.793. The number of rotatable bonds is 4. The Hall–Kier alpha value is -1.65. The number of nitrogens with one attached hydrogen (secondary N) is 1. The van der Waals surface area contributed by atoms with Crippen LogP contribution in [0.3, 0.4) is 0 Å². The van der Waals surface area contributed by atoms with Crippen molar-refractivity contribution < 1.29 is 0 Å². The van der Waals surface area contributed by atoms with Crippen molar-refractivity contribution in [2.24, 2.45) is 0 Å². The molecular formula is C16H19N3S. The van der Waals surface area contributed by atoms with Crippen molar-refractivity contribution >= 4 is 16.3 Å². The molecule has 20 heavy (non-hydrogen) atoms. The van der Waals surface area contributed by atoms with Gasteiger partial charge in [0.1, 0.15) is 0 Å². The van der Waals surface area contributed by atoms with Gasteiger partial charge in [-0.05, 0) is 26.3 Å². The van der Waals surface area contributed by atoms with Crippen molar-refractivity contribution in [3.63, 3.8) is 0 Å². The standard InChI is InChI=1S/C16H19N3S/c1-11-5-4-6-14(7-11)8-17-9-15-13(3)18-16-19(15)12(2)10-20-16/h4-7,10,17H,8-9H2,1-3H3. The van der Waals surface area contributed by atoms with Crippen molar-refractivity contribution in [2.75, 3.05) is 0 Å². The van der Waals surface area contributed by atoms with E-state index < -0.39 is 0 Å². The third-order valence-electron chi connectivity index (χ3n) is 3.53. The average Bonchev–Trinajstić information content (AvgIpc) is 2.91. The molecule has 0 fully saturated rings. The van der Waals surface area contributed by atoms with Crippen molar-refractivity contribution in [3.05, 3.63) is 57.9 Å². The summed E-state index contributed by atoms with van der Waals surface area (Å²) in [6, 6.07) is 8.62. The molecule has 0 spiro atoms. The maximum Gasteiger partial charge on any atom is 0.194 e. The fourth-order valence-corrected chi connectivity index (χ4v) is 3.45. The van der Waals surface area contributed by atoms with Crippen LogP contribution in [-0.4, -0.2) is 9.38 Å². The molecule has 0 saturated heterocycles. The van der Waals surface area contributed by atoms with E-state index in [0.29, 0.717) is 0 Å². The summed E-state index contributed by atoms with van der Waals surface area (Å²) in [4.78, 5) is 5.71. The van der Waals surface area contributed by atoms with E-state index in [0.717, 1.165) is 23.7 Å². The van der Waals surface area contributed by atoms with Gasteiger partial charge in [-0.3, -0.25) is 4.40 Å². The number of thiazole rings is 1. The minimum Gasteiger partial charge on any atom is -0.307 e. The monoisotopic (exact) mass is 285 g/mol. The summed E-state index contributed by atoms with van der Waals surface area (Å²) in [7, 11) is 0. The van der Waals surface area contributed by atoms with E-state index in [-0.39, 0.29) is 0 Å². The van der Waals surface area contributed by atoms with Crippen LogP contribution in [0.15, 0.2) is 29.6 Å². The number of nitrogens with zero attached hydrogens (tertiary/aromatic N) is 2. The number of hydrogen-bond donors (Lipinski definition) is 1. The predicted octanol–water partition coefficient (Wildman–Crippen LogP) is 3.61. The molecule has 3 rings (SSSR count). The molecule has 0 amide bonds. The Morgan fingerprint density at radius 3 is 2.85 bits per heavy atom. The fraction of sp³-hybridized carbons (Fsp3) is 0.312. The fourth-order valence-electron chi connectivity index (χ4n) is 2.52. The van der Waals surface area contributed by atoms with E-state index in [4.69, 9.17) is 0 Å². The maximum atomic E-state index is 4.62. The van der Waals surface area contributed by atoms with E-state index in [1.807, 2.05) is 0 Å². The number of aryl methyl sites for hydroxylation is 3. The first-order valence-electron chi connectivity index (χ1n) is 6.83. The zero-order valence-electron chi connectivity index (χ0n) is 12.1. The van der Waals surface area contributed by atoms with E-state index in [2.05, 4.69) is 65.1 Å². The molecule has 2 heterocycles. The molecule has 0 saturated carbocycles. The summed E-state index contributed by atoms with van der Waals surface area (Å²) in [5, 5.41) is 5.68. The predicted molar refractivity (Wildman–Crippen MR) is 84.3 cm³/mol. The zero-order chi connectivity index (χ0) is 14.1. The number of imidazole rings is 1. The maximum absolute atomic E-state index is 4.62. The first-order chi connectivity index (χ1) is 9.65. The topological polar surface area (TPSA) is 29.3 Å². The van der Waals surface area contributed by atoms with Crippen molar-refractivity contribution in [1.82, 2.24) is 14.7 Å². The Kier molecular flexibility index (Phi) is 3.59. The van der Waals surface area contributed by atoms with E-state index in [1.54, 1.807) is 11.3 Å². The molecule has 0 aliphatic carbocycles. The van der Waals surface area contributed by atoms with Crippen LogP contribution in [0.25, 0.3) is 4.96 Å². The van der Waals surface area contributed by atoms with Crippen LogP contribution in [0.2, 0.25) is 0 Å². The van der Waals surface area contributed by atoms with Crippen molar-refractivity contribution in [3.8, 4) is 0 Å². The molecule has 0 unspecified atom stereocenters. The molecule has 3 aromatic rings. The highest BCUT2D eigenvalue weighted by Gasteiger charge is 2.11. The van der Waals surface area contributed by atoms with Crippen LogP contribution in [0, 0.1) is 20.8 Å². The smallest absolute Gasteiger partial charge is 0.194 e. The molecule has 1 N–H and O–H groups in total. The van der Waals surface area contributed by atoms with Gasteiger partial charge in [-0.2, -0.15) is 0 Å². The Labute approximate surface area is 123 Å². The molecule has 0 bridgehead atoms. The summed E-state index contributed by atoms with van der Waals surface area (Å²) in [5.74, 6) is 0. The molecule has 0 radical (unpaired) electrons. The van der Waals surface area contributed by atoms with E-state index in [9.17, 15) is 0 Å². The summed E-state index contributed by atoms with van der Waals surface area (Å²) in [6.45, 7) is 8.08. The molecule has 1 aromatic carbocycles. The number of aromatic nitrogens is 2. The highest BCUT2D eigenvalue weighted by Crippen LogP contribution is 2.20. The molecule has 0 aliphatic heterocycles. The molecule has 0 aliphatic rings. The second-order valence-electron chi connectivity index (χ2n) is 5.23. The van der Waals surface area contributed by atoms with Gasteiger partial charge in [0.05, 0.1) is 11.4 Å². The molecule has 4 heteroatoms. The molecule has 104 valence electrons. The highest BCUT2D eigenvalue weighted by molar-refractivity contribution is 7.15. The van der Waals surface area contributed by atoms with Gasteiger partial charge in [0.25, 0.3) is 0 Å². The largest absolute Gasteiger partial charge is 0.307 e. The summed E-state index contributed by atoms with van der Waals surface area (Å²) >= 11 is 1.70. The number of hydrogen-bond acceptors (Lipinski definition) is 3. The lowest BCUT2D eigenvalue weighted by molar-refractivity contribution is 0.670. The van der Waals surface area contributed by atoms with Crippen molar-refractivity contribution in [1.29, 1.82) is 0 Å². The lowest BCUT2D eigenvalue weighted by Gasteiger charge is -2.07. The van der Waals surface area contributed by atoms with Crippen LogP contribution in [0.1, 0.15) is 28.2 Å². The van der Waals surface area contributed by atoms with Crippen LogP contribution < -0.4 is 5.32 Å². The van der Waals surface area contributed by atoms with Gasteiger partial charge < -0.3 is 5.32 Å². The highest BCUT2D eigenvalue weighted by atomic mass is 32.1. The first kappa shape index (κ1) is 13.3. The van der Waals surface area contributed by atoms with Gasteiger partial charge in [0.2, 0.25) is 0 Å². The molecule has 2 aromatic heterocycles. The number of fused-ring (bicyclic) bond motifs is 1. The Balaban J connectivity index is 1.74. The van der Waals surface area contributed by atoms with Gasteiger partial charge in [-0.1, -0.05) is 29.8 Å². The van der Waals surface area contributed by atoms with E-state index >= 15 is 0 Å². The van der Waals surface area contributed by atoms with Gasteiger partial charge in [0, 0.05) is 24.2 Å². The van der Waals surface area contributed by atoms with Crippen LogP contribution in [0.5, 0.6) is 0 Å². The van der Waals surface area contributed by atoms with Gasteiger partial charge in [0.15, 0.2) is 4.96 Å². The molecule has 0 atom stereocenters. The first-order valence-corrected chi connectivity index (χ1v) is 7.71. The molecule has 3 nitrogen and oxygen atoms in total. The van der Waals surface area contributed by atoms with Crippen LogP contribution in [-0.2, 0) is 13.1 Å². The van der Waals surface area contributed by atoms with Gasteiger partial charge in [-0.25, -0.2) is 4.98 Å². The zero-order valence-corrected chi connectivity index (χ0v) is 12.9. The summed E-state index contributed by atoms with van der Waals surface area (Å²) in [5.41, 5.74) is 6.28. The average molecular weight is 285 g/mol. The van der Waals surface area contributed by atoms with Gasteiger partial charge in [-0.15, -0.1) is 11.3 Å². The Morgan fingerprint density at radius 2 is 2.05 bits per heavy atom. The summed E-state index contributed by atoms with van der Waals surface area (Å²) in [6.07, 6.45) is 0. The summed E-state index contributed by atoms with van der Waals surface area (Å²) < 4.78 is 2.25. The Morgan fingerprint density at radius 1 is 1.20 bits per heavy atom. The molecular weight excluding hydrogens is 266 g/mol. The van der Waals surface area contributed by atoms with Crippen molar-refractivity contribution in [2.45, 2.75) is 33.9 Å².